The summed E-state index contributed by atoms with van der Waals surface area (Å²) in [5, 5.41) is 2.72. The molecular weight excluding hydrogens is 304 g/mol. The number of urea groups is 1. The summed E-state index contributed by atoms with van der Waals surface area (Å²) in [5.74, 6) is -0.635. The second kappa shape index (κ2) is 6.28. The summed E-state index contributed by atoms with van der Waals surface area (Å²) in [5.41, 5.74) is 0.398. The molecule has 1 heterocycles. The number of Topliss-reactive ketones (excluding diaryl/α,β-unsaturated/α-hetero) is 1. The SMILES string of the molecule is CC1(Cc2ccccc2)NC(=O)N(CC(=O)c2ccccc2)C1=O. The van der Waals surface area contributed by atoms with Gasteiger partial charge in [-0.25, -0.2) is 4.79 Å². The molecule has 1 unspecified atom stereocenters. The van der Waals surface area contributed by atoms with Crippen molar-refractivity contribution in [1.29, 1.82) is 0 Å². The average molecular weight is 322 g/mol. The van der Waals surface area contributed by atoms with Crippen LogP contribution in [0.3, 0.4) is 0 Å². The highest BCUT2D eigenvalue weighted by atomic mass is 16.2. The number of hydrogen-bond acceptors (Lipinski definition) is 3. The molecule has 1 N–H and O–H groups in total. The molecule has 0 saturated carbocycles. The largest absolute Gasteiger partial charge is 0.325 e. The van der Waals surface area contributed by atoms with E-state index in [-0.39, 0.29) is 18.2 Å². The zero-order valence-electron chi connectivity index (χ0n) is 13.4. The van der Waals surface area contributed by atoms with E-state index in [0.29, 0.717) is 12.0 Å². The van der Waals surface area contributed by atoms with Gasteiger partial charge in [0.25, 0.3) is 5.91 Å². The number of amides is 3. The number of carbonyl (C=O) groups is 3. The van der Waals surface area contributed by atoms with Gasteiger partial charge < -0.3 is 5.32 Å². The second-order valence-corrected chi connectivity index (χ2v) is 6.11. The van der Waals surface area contributed by atoms with Gasteiger partial charge in [0.05, 0.1) is 6.54 Å². The number of rotatable bonds is 5. The number of hydrogen-bond donors (Lipinski definition) is 1. The first-order valence-corrected chi connectivity index (χ1v) is 7.76. The lowest BCUT2D eigenvalue weighted by Gasteiger charge is -2.21. The Morgan fingerprint density at radius 1 is 1.00 bits per heavy atom. The minimum atomic E-state index is -1.03. The summed E-state index contributed by atoms with van der Waals surface area (Å²) in [7, 11) is 0. The molecule has 3 rings (SSSR count). The molecule has 0 aromatic heterocycles. The third-order valence-electron chi connectivity index (χ3n) is 4.14. The molecular formula is C19H18N2O3. The van der Waals surface area contributed by atoms with E-state index in [9.17, 15) is 14.4 Å². The molecule has 0 spiro atoms. The fraction of sp³-hybridized carbons (Fsp3) is 0.211. The minimum Gasteiger partial charge on any atom is -0.323 e. The molecule has 1 saturated heterocycles. The molecule has 1 aliphatic heterocycles. The van der Waals surface area contributed by atoms with Crippen molar-refractivity contribution in [1.82, 2.24) is 10.2 Å². The zero-order valence-corrected chi connectivity index (χ0v) is 13.4. The van der Waals surface area contributed by atoms with E-state index in [4.69, 9.17) is 0 Å². The molecule has 0 aliphatic carbocycles. The van der Waals surface area contributed by atoms with Gasteiger partial charge in [-0.2, -0.15) is 0 Å². The Hall–Kier alpha value is -2.95. The van der Waals surface area contributed by atoms with Crippen LogP contribution in [0.4, 0.5) is 4.79 Å². The van der Waals surface area contributed by atoms with Crippen LogP contribution in [-0.4, -0.2) is 34.7 Å². The van der Waals surface area contributed by atoms with Crippen molar-refractivity contribution in [3.63, 3.8) is 0 Å². The molecule has 0 bridgehead atoms. The molecule has 3 amide bonds. The van der Waals surface area contributed by atoms with Crippen molar-refractivity contribution in [2.75, 3.05) is 6.54 Å². The van der Waals surface area contributed by atoms with E-state index < -0.39 is 11.6 Å². The summed E-state index contributed by atoms with van der Waals surface area (Å²) in [6.07, 6.45) is 0.383. The standard InChI is InChI=1S/C19H18N2O3/c1-19(12-14-8-4-2-5-9-14)17(23)21(18(24)20-19)13-16(22)15-10-6-3-7-11-15/h2-11H,12-13H2,1H3,(H,20,24). The molecule has 5 heteroatoms. The van der Waals surface area contributed by atoms with Gasteiger partial charge in [-0.1, -0.05) is 60.7 Å². The first-order chi connectivity index (χ1) is 11.5. The minimum absolute atomic E-state index is 0.251. The predicted octanol–water partition coefficient (Wildman–Crippen LogP) is 2.42. The Balaban J connectivity index is 1.75. The lowest BCUT2D eigenvalue weighted by molar-refractivity contribution is -0.130. The van der Waals surface area contributed by atoms with Crippen LogP contribution in [0.5, 0.6) is 0 Å². The summed E-state index contributed by atoms with van der Waals surface area (Å²) < 4.78 is 0. The quantitative estimate of drug-likeness (QED) is 0.679. The highest BCUT2D eigenvalue weighted by molar-refractivity contribution is 6.11. The normalized spacial score (nSPS) is 20.1. The summed E-state index contributed by atoms with van der Waals surface area (Å²) in [4.78, 5) is 38.2. The van der Waals surface area contributed by atoms with E-state index in [1.54, 1.807) is 37.3 Å². The molecule has 1 atom stereocenters. The zero-order chi connectivity index (χ0) is 17.2. The van der Waals surface area contributed by atoms with Crippen molar-refractivity contribution >= 4 is 17.7 Å². The van der Waals surface area contributed by atoms with Gasteiger partial charge in [0.2, 0.25) is 0 Å². The first kappa shape index (κ1) is 15.9. The third kappa shape index (κ3) is 3.06. The molecule has 1 fully saturated rings. The Bertz CT molecular complexity index is 774. The van der Waals surface area contributed by atoms with Gasteiger partial charge in [0.1, 0.15) is 5.54 Å². The summed E-state index contributed by atoms with van der Waals surface area (Å²) >= 11 is 0. The van der Waals surface area contributed by atoms with Gasteiger partial charge in [0.15, 0.2) is 5.78 Å². The van der Waals surface area contributed by atoms with Gasteiger partial charge in [-0.3, -0.25) is 14.5 Å². The van der Waals surface area contributed by atoms with Gasteiger partial charge in [0, 0.05) is 12.0 Å². The van der Waals surface area contributed by atoms with Crippen LogP contribution in [0.1, 0.15) is 22.8 Å². The van der Waals surface area contributed by atoms with Crippen LogP contribution in [0.15, 0.2) is 60.7 Å². The number of carbonyl (C=O) groups excluding carboxylic acids is 3. The molecule has 122 valence electrons. The molecule has 0 radical (unpaired) electrons. The van der Waals surface area contributed by atoms with Crippen molar-refractivity contribution in [3.8, 4) is 0 Å². The summed E-state index contributed by atoms with van der Waals surface area (Å²) in [6.45, 7) is 1.44. The maximum absolute atomic E-state index is 12.7. The fourth-order valence-corrected chi connectivity index (χ4v) is 2.87. The number of nitrogens with one attached hydrogen (secondary N) is 1. The molecule has 2 aromatic carbocycles. The number of nitrogens with zero attached hydrogens (tertiary/aromatic N) is 1. The van der Waals surface area contributed by atoms with E-state index >= 15 is 0 Å². The third-order valence-corrected chi connectivity index (χ3v) is 4.14. The number of imide groups is 1. The van der Waals surface area contributed by atoms with Gasteiger partial charge >= 0.3 is 6.03 Å². The van der Waals surface area contributed by atoms with Crippen LogP contribution < -0.4 is 5.32 Å². The molecule has 2 aromatic rings. The lowest BCUT2D eigenvalue weighted by atomic mass is 9.93. The van der Waals surface area contributed by atoms with E-state index in [2.05, 4.69) is 5.32 Å². The van der Waals surface area contributed by atoms with Crippen LogP contribution in [0, 0.1) is 0 Å². The second-order valence-electron chi connectivity index (χ2n) is 6.11. The van der Waals surface area contributed by atoms with Crippen LogP contribution >= 0.6 is 0 Å². The fourth-order valence-electron chi connectivity index (χ4n) is 2.87. The average Bonchev–Trinajstić information content (AvgIpc) is 2.79. The van der Waals surface area contributed by atoms with E-state index in [0.717, 1.165) is 10.5 Å². The molecule has 24 heavy (non-hydrogen) atoms. The van der Waals surface area contributed by atoms with Crippen molar-refractivity contribution < 1.29 is 14.4 Å². The van der Waals surface area contributed by atoms with E-state index in [1.807, 2.05) is 30.3 Å². The molecule has 5 nitrogen and oxygen atoms in total. The van der Waals surface area contributed by atoms with Gasteiger partial charge in [-0.05, 0) is 12.5 Å². The maximum atomic E-state index is 12.7. The van der Waals surface area contributed by atoms with Crippen molar-refractivity contribution in [3.05, 3.63) is 71.8 Å². The van der Waals surface area contributed by atoms with Crippen LogP contribution in [0.2, 0.25) is 0 Å². The highest BCUT2D eigenvalue weighted by Crippen LogP contribution is 2.22. The Morgan fingerprint density at radius 2 is 1.58 bits per heavy atom. The smallest absolute Gasteiger partial charge is 0.323 e. The summed E-state index contributed by atoms with van der Waals surface area (Å²) in [6, 6.07) is 17.6. The van der Waals surface area contributed by atoms with Crippen molar-refractivity contribution in [2.45, 2.75) is 18.9 Å². The Morgan fingerprint density at radius 3 is 2.21 bits per heavy atom. The van der Waals surface area contributed by atoms with Gasteiger partial charge in [-0.15, -0.1) is 0 Å². The van der Waals surface area contributed by atoms with E-state index in [1.165, 1.54) is 0 Å². The maximum Gasteiger partial charge on any atom is 0.325 e. The number of ketones is 1. The Kier molecular flexibility index (Phi) is 4.16. The van der Waals surface area contributed by atoms with Crippen molar-refractivity contribution in [2.24, 2.45) is 0 Å². The highest BCUT2D eigenvalue weighted by Gasteiger charge is 2.48. The molecule has 1 aliphatic rings. The Labute approximate surface area is 140 Å². The number of benzene rings is 2. The topological polar surface area (TPSA) is 66.5 Å². The predicted molar refractivity (Wildman–Crippen MR) is 89.6 cm³/mol. The first-order valence-electron chi connectivity index (χ1n) is 7.76. The monoisotopic (exact) mass is 322 g/mol. The lowest BCUT2D eigenvalue weighted by Crippen LogP contribution is -2.46. The van der Waals surface area contributed by atoms with Crippen LogP contribution in [-0.2, 0) is 11.2 Å². The van der Waals surface area contributed by atoms with Crippen LogP contribution in [0.25, 0.3) is 0 Å².